The maximum absolute atomic E-state index is 14.5. The number of benzene rings is 2. The molecule has 2 aromatic heterocycles. The van der Waals surface area contributed by atoms with Crippen molar-refractivity contribution >= 4 is 32.5 Å². The lowest BCUT2D eigenvalue weighted by molar-refractivity contribution is 0.0941. The molecule has 1 amide bonds. The first kappa shape index (κ1) is 30.2. The Morgan fingerprint density at radius 3 is 2.49 bits per heavy atom. The van der Waals surface area contributed by atoms with E-state index in [1.807, 2.05) is 0 Å². The molecule has 1 saturated heterocycles. The number of H-pyrrole nitrogens is 1. The van der Waals surface area contributed by atoms with Gasteiger partial charge in [0.2, 0.25) is 10.0 Å². The van der Waals surface area contributed by atoms with E-state index in [1.54, 1.807) is 23.9 Å². The lowest BCUT2D eigenvalue weighted by Crippen LogP contribution is -2.38. The van der Waals surface area contributed by atoms with Crippen molar-refractivity contribution in [3.63, 3.8) is 0 Å². The highest BCUT2D eigenvalue weighted by Gasteiger charge is 2.21. The summed E-state index contributed by atoms with van der Waals surface area (Å²) in [4.78, 5) is 31.2. The van der Waals surface area contributed by atoms with Crippen LogP contribution >= 0.6 is 0 Å². The number of aromatic amines is 1. The number of ether oxygens (including phenoxy) is 1. The lowest BCUT2D eigenvalue weighted by atomic mass is 10.0. The van der Waals surface area contributed by atoms with Crippen molar-refractivity contribution in [1.82, 2.24) is 19.8 Å². The molecule has 5 rings (SSSR count). The zero-order valence-electron chi connectivity index (χ0n) is 23.9. The maximum Gasteiger partial charge on any atom is 0.273 e. The number of aromatic nitrogens is 2. The average molecular weight is 614 g/mol. The highest BCUT2D eigenvalue weighted by atomic mass is 32.2. The standard InChI is InChI=1S/C30H33F2N5O5S/c1-3-43(40,41)35-20-8-10-26(42-27-9-7-19(31)15-24(27)32)21(16-20)23-18-36(2)28-22(23)17-25(34-30(28)39)29(38)33-11-14-37-12-5-4-6-13-37/h7-10,15-18,35H,3-6,11-14H2,1-2H3,(H,33,38)(H,34,39). The molecule has 0 aliphatic carbocycles. The second-order valence-electron chi connectivity index (χ2n) is 10.5. The van der Waals surface area contributed by atoms with Crippen molar-refractivity contribution in [2.75, 3.05) is 36.7 Å². The summed E-state index contributed by atoms with van der Waals surface area (Å²) in [5.74, 6) is -2.45. The fourth-order valence-corrected chi connectivity index (χ4v) is 5.83. The molecule has 1 aliphatic heterocycles. The van der Waals surface area contributed by atoms with Crippen LogP contribution in [0.3, 0.4) is 0 Å². The highest BCUT2D eigenvalue weighted by Crippen LogP contribution is 2.40. The second kappa shape index (κ2) is 12.6. The number of nitrogens with one attached hydrogen (secondary N) is 3. The number of piperidine rings is 1. The lowest BCUT2D eigenvalue weighted by Gasteiger charge is -2.26. The van der Waals surface area contributed by atoms with Crippen LogP contribution in [0.1, 0.15) is 36.7 Å². The molecule has 3 heterocycles. The molecule has 13 heteroatoms. The molecule has 0 saturated carbocycles. The van der Waals surface area contributed by atoms with Crippen LogP contribution in [-0.2, 0) is 17.1 Å². The zero-order valence-corrected chi connectivity index (χ0v) is 24.7. The summed E-state index contributed by atoms with van der Waals surface area (Å²) in [6.45, 7) is 4.60. The van der Waals surface area contributed by atoms with E-state index in [0.29, 0.717) is 35.7 Å². The number of sulfonamides is 1. The number of hydrogen-bond donors (Lipinski definition) is 3. The monoisotopic (exact) mass is 613 g/mol. The van der Waals surface area contributed by atoms with E-state index in [0.717, 1.165) is 38.1 Å². The molecule has 2 aromatic carbocycles. The quantitative estimate of drug-likeness (QED) is 0.241. The average Bonchev–Trinajstić information content (AvgIpc) is 3.32. The second-order valence-corrected chi connectivity index (χ2v) is 12.5. The minimum atomic E-state index is -3.64. The normalized spacial score (nSPS) is 14.1. The Morgan fingerprint density at radius 2 is 1.77 bits per heavy atom. The van der Waals surface area contributed by atoms with Gasteiger partial charge in [-0.15, -0.1) is 0 Å². The number of fused-ring (bicyclic) bond motifs is 1. The van der Waals surface area contributed by atoms with E-state index in [9.17, 15) is 26.8 Å². The van der Waals surface area contributed by atoms with Gasteiger partial charge in [-0.3, -0.25) is 14.3 Å². The molecule has 43 heavy (non-hydrogen) atoms. The Hall–Kier alpha value is -4.23. The van der Waals surface area contributed by atoms with Crippen LogP contribution in [0.25, 0.3) is 22.0 Å². The summed E-state index contributed by atoms with van der Waals surface area (Å²) in [5.41, 5.74) is 0.772. The smallest absolute Gasteiger partial charge is 0.273 e. The zero-order chi connectivity index (χ0) is 30.7. The van der Waals surface area contributed by atoms with Gasteiger partial charge in [0.1, 0.15) is 22.8 Å². The van der Waals surface area contributed by atoms with Gasteiger partial charge in [0.15, 0.2) is 11.6 Å². The minimum Gasteiger partial charge on any atom is -0.454 e. The van der Waals surface area contributed by atoms with E-state index in [-0.39, 0.29) is 34.1 Å². The van der Waals surface area contributed by atoms with Crippen LogP contribution in [-0.4, -0.2) is 60.7 Å². The fourth-order valence-electron chi connectivity index (χ4n) is 5.20. The van der Waals surface area contributed by atoms with Crippen LogP contribution < -0.4 is 20.3 Å². The predicted molar refractivity (Wildman–Crippen MR) is 161 cm³/mol. The van der Waals surface area contributed by atoms with Gasteiger partial charge in [0.25, 0.3) is 11.5 Å². The fraction of sp³-hybridized carbons (Fsp3) is 0.333. The van der Waals surface area contributed by atoms with Crippen molar-refractivity contribution in [1.29, 1.82) is 0 Å². The number of rotatable bonds is 10. The van der Waals surface area contributed by atoms with Gasteiger partial charge >= 0.3 is 0 Å². The number of amides is 1. The summed E-state index contributed by atoms with van der Waals surface area (Å²) < 4.78 is 62.6. The number of nitrogens with zero attached hydrogens (tertiary/aromatic N) is 2. The van der Waals surface area contributed by atoms with Crippen LogP contribution in [0.5, 0.6) is 11.5 Å². The molecule has 3 N–H and O–H groups in total. The van der Waals surface area contributed by atoms with Gasteiger partial charge in [0.05, 0.1) is 5.75 Å². The van der Waals surface area contributed by atoms with E-state index >= 15 is 0 Å². The van der Waals surface area contributed by atoms with Gasteiger partial charge in [-0.05, 0) is 69.3 Å². The third-order valence-electron chi connectivity index (χ3n) is 7.42. The molecule has 228 valence electrons. The molecule has 0 unspecified atom stereocenters. The van der Waals surface area contributed by atoms with Crippen LogP contribution in [0.15, 0.2) is 53.5 Å². The minimum absolute atomic E-state index is 0.0541. The molecular weight excluding hydrogens is 580 g/mol. The van der Waals surface area contributed by atoms with Crippen molar-refractivity contribution in [3.8, 4) is 22.6 Å². The van der Waals surface area contributed by atoms with Gasteiger partial charge < -0.3 is 24.5 Å². The Bertz CT molecular complexity index is 1830. The summed E-state index contributed by atoms with van der Waals surface area (Å²) in [5, 5.41) is 3.26. The molecule has 0 spiro atoms. The summed E-state index contributed by atoms with van der Waals surface area (Å²) in [6, 6.07) is 8.83. The molecule has 10 nitrogen and oxygen atoms in total. The highest BCUT2D eigenvalue weighted by molar-refractivity contribution is 7.92. The van der Waals surface area contributed by atoms with Crippen LogP contribution in [0.2, 0.25) is 0 Å². The molecule has 1 aliphatic rings. The van der Waals surface area contributed by atoms with E-state index in [1.165, 1.54) is 31.5 Å². The first-order valence-electron chi connectivity index (χ1n) is 14.1. The molecular formula is C30H33F2N5O5S. The van der Waals surface area contributed by atoms with Crippen LogP contribution in [0.4, 0.5) is 14.5 Å². The largest absolute Gasteiger partial charge is 0.454 e. The number of aryl methyl sites for hydroxylation is 1. The number of anilines is 1. The summed E-state index contributed by atoms with van der Waals surface area (Å²) in [6.07, 6.45) is 5.12. The first-order valence-corrected chi connectivity index (χ1v) is 15.7. The third kappa shape index (κ3) is 6.89. The van der Waals surface area contributed by atoms with Gasteiger partial charge in [0, 0.05) is 54.6 Å². The molecule has 4 aromatic rings. The number of likely N-dealkylation sites (tertiary alicyclic amines) is 1. The predicted octanol–water partition coefficient (Wildman–Crippen LogP) is 4.58. The van der Waals surface area contributed by atoms with E-state index < -0.39 is 33.1 Å². The summed E-state index contributed by atoms with van der Waals surface area (Å²) >= 11 is 0. The van der Waals surface area contributed by atoms with Crippen molar-refractivity contribution < 1.29 is 26.7 Å². The van der Waals surface area contributed by atoms with Crippen LogP contribution in [0, 0.1) is 11.6 Å². The number of hydrogen-bond acceptors (Lipinski definition) is 6. The van der Waals surface area contributed by atoms with Gasteiger partial charge in [-0.25, -0.2) is 17.2 Å². The Labute approximate surface area is 247 Å². The first-order chi connectivity index (χ1) is 20.5. The van der Waals surface area contributed by atoms with Crippen molar-refractivity contribution in [2.45, 2.75) is 26.2 Å². The Kier molecular flexibility index (Phi) is 8.83. The van der Waals surface area contributed by atoms with E-state index in [2.05, 4.69) is 19.9 Å². The number of carbonyl (C=O) groups excluding carboxylic acids is 1. The SMILES string of the molecule is CCS(=O)(=O)Nc1ccc(Oc2ccc(F)cc2F)c(-c2cn(C)c3c(=O)[nH]c(C(=O)NCCN4CCCCC4)cc23)c1. The Morgan fingerprint density at radius 1 is 1.02 bits per heavy atom. The maximum atomic E-state index is 14.5. The van der Waals surface area contributed by atoms with Crippen molar-refractivity contribution in [3.05, 3.63) is 76.3 Å². The Balaban J connectivity index is 1.55. The summed E-state index contributed by atoms with van der Waals surface area (Å²) in [7, 11) is -1.99. The molecule has 0 bridgehead atoms. The molecule has 1 fully saturated rings. The molecule has 0 radical (unpaired) electrons. The number of carbonyl (C=O) groups is 1. The topological polar surface area (TPSA) is 126 Å². The van der Waals surface area contributed by atoms with Crippen molar-refractivity contribution in [2.24, 2.45) is 7.05 Å². The molecule has 0 atom stereocenters. The third-order valence-corrected chi connectivity index (χ3v) is 8.72. The van der Waals surface area contributed by atoms with Gasteiger partial charge in [-0.1, -0.05) is 6.42 Å². The van der Waals surface area contributed by atoms with Gasteiger partial charge in [-0.2, -0.15) is 0 Å². The van der Waals surface area contributed by atoms with E-state index in [4.69, 9.17) is 4.74 Å². The number of halogens is 2. The number of pyridine rings is 1.